The molecule has 0 saturated heterocycles. The first-order chi connectivity index (χ1) is 11.2. The van der Waals surface area contributed by atoms with Gasteiger partial charge in [-0.15, -0.1) is 0 Å². The van der Waals surface area contributed by atoms with Crippen LogP contribution in [0.3, 0.4) is 0 Å². The lowest BCUT2D eigenvalue weighted by atomic mass is 10.1. The van der Waals surface area contributed by atoms with Crippen molar-refractivity contribution in [2.75, 3.05) is 19.6 Å². The van der Waals surface area contributed by atoms with Crippen LogP contribution in [-0.4, -0.2) is 30.5 Å². The van der Waals surface area contributed by atoms with Crippen molar-refractivity contribution in [2.24, 2.45) is 0 Å². The smallest absolute Gasteiger partial charge is 0.226 e. The van der Waals surface area contributed by atoms with Crippen molar-refractivity contribution in [3.63, 3.8) is 0 Å². The van der Waals surface area contributed by atoms with Gasteiger partial charge in [0.1, 0.15) is 6.26 Å². The number of nitrogens with one attached hydrogen (secondary N) is 2. The maximum absolute atomic E-state index is 12.0. The third kappa shape index (κ3) is 4.43. The van der Waals surface area contributed by atoms with Crippen LogP contribution in [0.4, 0.5) is 0 Å². The van der Waals surface area contributed by atoms with E-state index in [1.807, 2.05) is 12.1 Å². The van der Waals surface area contributed by atoms with Crippen molar-refractivity contribution >= 4 is 17.5 Å². The summed E-state index contributed by atoms with van der Waals surface area (Å²) in [4.78, 5) is 16.3. The van der Waals surface area contributed by atoms with Gasteiger partial charge >= 0.3 is 0 Å². The van der Waals surface area contributed by atoms with Gasteiger partial charge in [0.25, 0.3) is 0 Å². The van der Waals surface area contributed by atoms with Crippen molar-refractivity contribution in [1.29, 1.82) is 0 Å². The van der Waals surface area contributed by atoms with Gasteiger partial charge in [0.05, 0.1) is 12.1 Å². The molecule has 0 atom stereocenters. The minimum atomic E-state index is -0.0552. The van der Waals surface area contributed by atoms with E-state index in [0.717, 1.165) is 25.1 Å². The van der Waals surface area contributed by atoms with Crippen LogP contribution in [0.25, 0.3) is 11.5 Å². The maximum atomic E-state index is 12.0. The second-order valence-electron chi connectivity index (χ2n) is 5.42. The SMILES string of the molecule is O=C(Cc1coc(-c2ccc(Cl)cc2)n1)NCC1=CCNCC1. The Morgan fingerprint density at radius 2 is 2.17 bits per heavy atom. The summed E-state index contributed by atoms with van der Waals surface area (Å²) in [6.07, 6.45) is 4.83. The fourth-order valence-corrected chi connectivity index (χ4v) is 2.51. The summed E-state index contributed by atoms with van der Waals surface area (Å²) in [5, 5.41) is 6.83. The molecule has 0 fully saturated rings. The largest absolute Gasteiger partial charge is 0.444 e. The second kappa shape index (κ2) is 7.44. The molecular weight excluding hydrogens is 314 g/mol. The molecule has 0 bridgehead atoms. The van der Waals surface area contributed by atoms with E-state index in [1.165, 1.54) is 11.8 Å². The molecule has 1 aromatic carbocycles. The molecule has 5 nitrogen and oxygen atoms in total. The third-order valence-corrected chi connectivity index (χ3v) is 3.91. The van der Waals surface area contributed by atoms with Gasteiger partial charge in [0, 0.05) is 23.7 Å². The van der Waals surface area contributed by atoms with E-state index in [1.54, 1.807) is 12.1 Å². The average Bonchev–Trinajstić information content (AvgIpc) is 3.03. The lowest BCUT2D eigenvalue weighted by Crippen LogP contribution is -2.30. The Balaban J connectivity index is 1.55. The monoisotopic (exact) mass is 331 g/mol. The predicted molar refractivity (Wildman–Crippen MR) is 89.2 cm³/mol. The van der Waals surface area contributed by atoms with E-state index in [-0.39, 0.29) is 12.3 Å². The molecular formula is C17H18ClN3O2. The average molecular weight is 332 g/mol. The van der Waals surface area contributed by atoms with Crippen molar-refractivity contribution in [3.05, 3.63) is 52.9 Å². The van der Waals surface area contributed by atoms with Gasteiger partial charge in [-0.1, -0.05) is 23.3 Å². The van der Waals surface area contributed by atoms with Gasteiger partial charge in [-0.2, -0.15) is 0 Å². The molecule has 0 spiro atoms. The standard InChI is InChI=1S/C17H18ClN3O2/c18-14-3-1-13(2-4-14)17-21-15(11-23-17)9-16(22)20-10-12-5-7-19-8-6-12/h1-5,11,19H,6-10H2,(H,20,22). The minimum absolute atomic E-state index is 0.0552. The molecule has 2 N–H and O–H groups in total. The quantitative estimate of drug-likeness (QED) is 0.826. The highest BCUT2D eigenvalue weighted by Crippen LogP contribution is 2.21. The minimum Gasteiger partial charge on any atom is -0.444 e. The molecule has 1 aliphatic rings. The lowest BCUT2D eigenvalue weighted by Gasteiger charge is -2.14. The number of hydrogen-bond acceptors (Lipinski definition) is 4. The molecule has 1 aliphatic heterocycles. The van der Waals surface area contributed by atoms with E-state index in [2.05, 4.69) is 21.7 Å². The molecule has 0 aliphatic carbocycles. The zero-order valence-corrected chi connectivity index (χ0v) is 13.4. The molecule has 2 heterocycles. The molecule has 120 valence electrons. The highest BCUT2D eigenvalue weighted by molar-refractivity contribution is 6.30. The van der Waals surface area contributed by atoms with E-state index in [9.17, 15) is 4.79 Å². The maximum Gasteiger partial charge on any atom is 0.226 e. The van der Waals surface area contributed by atoms with E-state index in [4.69, 9.17) is 16.0 Å². The van der Waals surface area contributed by atoms with Crippen LogP contribution in [0.1, 0.15) is 12.1 Å². The molecule has 6 heteroatoms. The van der Waals surface area contributed by atoms with E-state index in [0.29, 0.717) is 23.2 Å². The second-order valence-corrected chi connectivity index (χ2v) is 5.86. The lowest BCUT2D eigenvalue weighted by molar-refractivity contribution is -0.120. The zero-order chi connectivity index (χ0) is 16.1. The highest BCUT2D eigenvalue weighted by atomic mass is 35.5. The topological polar surface area (TPSA) is 67.2 Å². The number of rotatable bonds is 5. The normalized spacial score (nSPS) is 14.4. The number of oxazole rings is 1. The molecule has 3 rings (SSSR count). The van der Waals surface area contributed by atoms with Crippen molar-refractivity contribution in [2.45, 2.75) is 12.8 Å². The fourth-order valence-electron chi connectivity index (χ4n) is 2.38. The van der Waals surface area contributed by atoms with Crippen molar-refractivity contribution in [3.8, 4) is 11.5 Å². The van der Waals surface area contributed by atoms with Crippen LogP contribution in [0, 0.1) is 0 Å². The summed E-state index contributed by atoms with van der Waals surface area (Å²) in [6.45, 7) is 2.44. The third-order valence-electron chi connectivity index (χ3n) is 3.66. The number of halogens is 1. The number of amides is 1. The summed E-state index contributed by atoms with van der Waals surface area (Å²) in [6, 6.07) is 7.23. The number of hydrogen-bond donors (Lipinski definition) is 2. The Labute approximate surface area is 139 Å². The Morgan fingerprint density at radius 1 is 1.35 bits per heavy atom. The summed E-state index contributed by atoms with van der Waals surface area (Å²) in [7, 11) is 0. The van der Waals surface area contributed by atoms with Crippen LogP contribution in [-0.2, 0) is 11.2 Å². The van der Waals surface area contributed by atoms with Gasteiger partial charge in [0.15, 0.2) is 0 Å². The van der Waals surface area contributed by atoms with Gasteiger partial charge in [-0.05, 0) is 37.2 Å². The molecule has 0 radical (unpaired) electrons. The van der Waals surface area contributed by atoms with Gasteiger partial charge in [0.2, 0.25) is 11.8 Å². The number of benzene rings is 1. The molecule has 1 amide bonds. The molecule has 0 unspecified atom stereocenters. The Bertz CT molecular complexity index is 707. The molecule has 23 heavy (non-hydrogen) atoms. The van der Waals surface area contributed by atoms with Crippen molar-refractivity contribution < 1.29 is 9.21 Å². The number of carbonyl (C=O) groups excluding carboxylic acids is 1. The van der Waals surface area contributed by atoms with Crippen molar-refractivity contribution in [1.82, 2.24) is 15.6 Å². The Morgan fingerprint density at radius 3 is 2.91 bits per heavy atom. The van der Waals surface area contributed by atoms with Gasteiger partial charge in [-0.3, -0.25) is 4.79 Å². The Kier molecular flexibility index (Phi) is 5.10. The van der Waals surface area contributed by atoms with Gasteiger partial charge in [-0.25, -0.2) is 4.98 Å². The van der Waals surface area contributed by atoms with Crippen LogP contribution in [0.15, 0.2) is 46.6 Å². The van der Waals surface area contributed by atoms with Gasteiger partial charge < -0.3 is 15.1 Å². The summed E-state index contributed by atoms with van der Waals surface area (Å²) < 4.78 is 5.43. The van der Waals surface area contributed by atoms with Crippen LogP contribution < -0.4 is 10.6 Å². The zero-order valence-electron chi connectivity index (χ0n) is 12.6. The number of aromatic nitrogens is 1. The number of nitrogens with zero attached hydrogens (tertiary/aromatic N) is 1. The molecule has 2 aromatic rings. The molecule has 1 aromatic heterocycles. The Hall–Kier alpha value is -2.11. The highest BCUT2D eigenvalue weighted by Gasteiger charge is 2.11. The predicted octanol–water partition coefficient (Wildman–Crippen LogP) is 2.57. The summed E-state index contributed by atoms with van der Waals surface area (Å²) in [5.74, 6) is 0.436. The van der Waals surface area contributed by atoms with Crippen LogP contribution in [0.5, 0.6) is 0 Å². The summed E-state index contributed by atoms with van der Waals surface area (Å²) >= 11 is 5.86. The molecule has 0 saturated carbocycles. The first kappa shape index (κ1) is 15.8. The fraction of sp³-hybridized carbons (Fsp3) is 0.294. The van der Waals surface area contributed by atoms with Crippen LogP contribution in [0.2, 0.25) is 5.02 Å². The first-order valence-corrected chi connectivity index (χ1v) is 7.94. The van der Waals surface area contributed by atoms with Crippen LogP contribution >= 0.6 is 11.6 Å². The summed E-state index contributed by atoms with van der Waals surface area (Å²) in [5.41, 5.74) is 2.71. The van der Waals surface area contributed by atoms with E-state index >= 15 is 0 Å². The van der Waals surface area contributed by atoms with E-state index < -0.39 is 0 Å². The first-order valence-electron chi connectivity index (χ1n) is 7.56. The number of carbonyl (C=O) groups is 1.